The number of hydrogen-bond donors (Lipinski definition) is 0. The highest BCUT2D eigenvalue weighted by molar-refractivity contribution is 4.97. The maximum atomic E-state index is 11.6. The molecule has 0 radical (unpaired) electrons. The van der Waals surface area contributed by atoms with Gasteiger partial charge in [-0.1, -0.05) is 19.1 Å². The molecule has 0 amide bonds. The van der Waals surface area contributed by atoms with Crippen molar-refractivity contribution in [2.45, 2.75) is 20.0 Å². The van der Waals surface area contributed by atoms with Crippen molar-refractivity contribution in [3.8, 4) is 0 Å². The second kappa shape index (κ2) is 2.42. The lowest BCUT2D eigenvalue weighted by Crippen LogP contribution is -2.19. The Morgan fingerprint density at radius 2 is 1.78 bits per heavy atom. The summed E-state index contributed by atoms with van der Waals surface area (Å²) in [5.41, 5.74) is 0.155. The number of hydrogen-bond acceptors (Lipinski definition) is 0. The molecule has 0 saturated heterocycles. The average molecular weight is 138 g/mol. The van der Waals surface area contributed by atoms with Gasteiger partial charge in [-0.25, -0.2) is 0 Å². The third kappa shape index (κ3) is 2.54. The van der Waals surface area contributed by atoms with Crippen LogP contribution in [0.15, 0.2) is 12.2 Å². The Bertz CT molecular complexity index is 112. The number of allylic oxidation sites excluding steroid dienone is 1. The molecule has 0 aromatic rings. The second-order valence-corrected chi connectivity index (χ2v) is 2.11. The molecule has 1 atom stereocenters. The van der Waals surface area contributed by atoms with Gasteiger partial charge in [0.1, 0.15) is 0 Å². The highest BCUT2D eigenvalue weighted by Crippen LogP contribution is 2.29. The number of rotatable bonds is 1. The van der Waals surface area contributed by atoms with Crippen LogP contribution in [0, 0.1) is 5.92 Å². The Morgan fingerprint density at radius 1 is 1.44 bits per heavy atom. The molecule has 0 aliphatic rings. The lowest BCUT2D eigenvalue weighted by Gasteiger charge is -2.14. The summed E-state index contributed by atoms with van der Waals surface area (Å²) in [6, 6.07) is 0. The van der Waals surface area contributed by atoms with Gasteiger partial charge in [0.15, 0.2) is 0 Å². The van der Waals surface area contributed by atoms with E-state index in [1.165, 1.54) is 6.92 Å². The molecule has 0 rings (SSSR count). The van der Waals surface area contributed by atoms with E-state index in [1.807, 2.05) is 0 Å². The first-order chi connectivity index (χ1) is 3.85. The van der Waals surface area contributed by atoms with Crippen LogP contribution in [0.1, 0.15) is 13.8 Å². The van der Waals surface area contributed by atoms with Crippen molar-refractivity contribution in [1.29, 1.82) is 0 Å². The normalized spacial score (nSPS) is 15.2. The smallest absolute Gasteiger partial charge is 0.170 e. The van der Waals surface area contributed by atoms with E-state index in [-0.39, 0.29) is 5.57 Å². The molecule has 0 fully saturated rings. The molecule has 3 heteroatoms. The quantitative estimate of drug-likeness (QED) is 0.489. The van der Waals surface area contributed by atoms with Gasteiger partial charge in [0.25, 0.3) is 0 Å². The van der Waals surface area contributed by atoms with Crippen LogP contribution in [0.3, 0.4) is 0 Å². The zero-order valence-corrected chi connectivity index (χ0v) is 5.42. The van der Waals surface area contributed by atoms with E-state index in [0.29, 0.717) is 0 Å². The molecule has 0 spiro atoms. The van der Waals surface area contributed by atoms with Gasteiger partial charge in [-0.05, 0) is 6.92 Å². The molecule has 0 bridgehead atoms. The topological polar surface area (TPSA) is 0 Å². The summed E-state index contributed by atoms with van der Waals surface area (Å²) in [6.45, 7) is 5.67. The predicted molar refractivity (Wildman–Crippen MR) is 30.0 cm³/mol. The van der Waals surface area contributed by atoms with Gasteiger partial charge in [-0.15, -0.1) is 0 Å². The molecular weight excluding hydrogens is 129 g/mol. The first-order valence-electron chi connectivity index (χ1n) is 2.58. The highest BCUT2D eigenvalue weighted by Gasteiger charge is 2.35. The van der Waals surface area contributed by atoms with Crippen molar-refractivity contribution in [2.24, 2.45) is 5.92 Å². The molecule has 0 aromatic heterocycles. The summed E-state index contributed by atoms with van der Waals surface area (Å²) in [5.74, 6) is -1.38. The molecule has 0 heterocycles. The molecule has 0 N–H and O–H groups in total. The number of alkyl halides is 3. The Balaban J connectivity index is 4.04. The van der Waals surface area contributed by atoms with Crippen molar-refractivity contribution in [3.63, 3.8) is 0 Å². The largest absolute Gasteiger partial charge is 0.395 e. The zero-order chi connectivity index (χ0) is 7.65. The third-order valence-corrected chi connectivity index (χ3v) is 1.23. The van der Waals surface area contributed by atoms with Gasteiger partial charge in [0.2, 0.25) is 0 Å². The van der Waals surface area contributed by atoms with Crippen molar-refractivity contribution in [3.05, 3.63) is 12.2 Å². The minimum absolute atomic E-state index is 0.155. The van der Waals surface area contributed by atoms with E-state index < -0.39 is 12.1 Å². The summed E-state index contributed by atoms with van der Waals surface area (Å²) in [6.07, 6.45) is -4.12. The fraction of sp³-hybridized carbons (Fsp3) is 0.667. The van der Waals surface area contributed by atoms with Gasteiger partial charge < -0.3 is 0 Å². The van der Waals surface area contributed by atoms with Crippen LogP contribution in [0.2, 0.25) is 0 Å². The fourth-order valence-corrected chi connectivity index (χ4v) is 0.279. The lowest BCUT2D eigenvalue weighted by molar-refractivity contribution is -0.159. The van der Waals surface area contributed by atoms with Crippen molar-refractivity contribution >= 4 is 0 Å². The van der Waals surface area contributed by atoms with Gasteiger partial charge in [0, 0.05) is 0 Å². The molecule has 9 heavy (non-hydrogen) atoms. The van der Waals surface area contributed by atoms with Crippen LogP contribution < -0.4 is 0 Å². The van der Waals surface area contributed by atoms with Crippen molar-refractivity contribution in [2.75, 3.05) is 0 Å². The zero-order valence-electron chi connectivity index (χ0n) is 5.42. The number of halogens is 3. The Labute approximate surface area is 52.4 Å². The molecule has 0 nitrogen and oxygen atoms in total. The van der Waals surface area contributed by atoms with Crippen molar-refractivity contribution in [1.82, 2.24) is 0 Å². The van der Waals surface area contributed by atoms with Gasteiger partial charge >= 0.3 is 6.18 Å². The third-order valence-electron chi connectivity index (χ3n) is 1.23. The summed E-state index contributed by atoms with van der Waals surface area (Å²) < 4.78 is 34.9. The van der Waals surface area contributed by atoms with Crippen LogP contribution in [0.4, 0.5) is 13.2 Å². The Kier molecular flexibility index (Phi) is 2.29. The van der Waals surface area contributed by atoms with Crippen LogP contribution in [0.5, 0.6) is 0 Å². The van der Waals surface area contributed by atoms with E-state index in [4.69, 9.17) is 0 Å². The second-order valence-electron chi connectivity index (χ2n) is 2.11. The predicted octanol–water partition coefficient (Wildman–Crippen LogP) is 2.76. The molecule has 54 valence electrons. The van der Waals surface area contributed by atoms with E-state index in [1.54, 1.807) is 0 Å². The first-order valence-corrected chi connectivity index (χ1v) is 2.58. The van der Waals surface area contributed by atoms with E-state index in [2.05, 4.69) is 6.58 Å². The monoisotopic (exact) mass is 138 g/mol. The molecule has 0 aliphatic carbocycles. The average Bonchev–Trinajstić information content (AvgIpc) is 1.62. The van der Waals surface area contributed by atoms with E-state index >= 15 is 0 Å². The Hall–Kier alpha value is -0.470. The molecular formula is C6H9F3. The SMILES string of the molecule is C=C(C)[C@H](C)C(F)(F)F. The standard InChI is InChI=1S/C6H9F3/c1-4(2)5(3)6(7,8)9/h5H,1H2,2-3H3/t5-/m0/s1. The van der Waals surface area contributed by atoms with Crippen LogP contribution >= 0.6 is 0 Å². The maximum absolute atomic E-state index is 11.6. The van der Waals surface area contributed by atoms with Crippen LogP contribution in [-0.4, -0.2) is 6.18 Å². The van der Waals surface area contributed by atoms with Crippen LogP contribution in [-0.2, 0) is 0 Å². The minimum Gasteiger partial charge on any atom is -0.170 e. The van der Waals surface area contributed by atoms with Gasteiger partial charge in [-0.3, -0.25) is 0 Å². The van der Waals surface area contributed by atoms with E-state index in [9.17, 15) is 13.2 Å². The molecule has 0 saturated carbocycles. The summed E-state index contributed by atoms with van der Waals surface area (Å²) >= 11 is 0. The van der Waals surface area contributed by atoms with E-state index in [0.717, 1.165) is 6.92 Å². The first kappa shape index (κ1) is 8.53. The summed E-state index contributed by atoms with van der Waals surface area (Å²) in [7, 11) is 0. The van der Waals surface area contributed by atoms with Gasteiger partial charge in [0.05, 0.1) is 5.92 Å². The van der Waals surface area contributed by atoms with Gasteiger partial charge in [-0.2, -0.15) is 13.2 Å². The Morgan fingerprint density at radius 3 is 1.78 bits per heavy atom. The van der Waals surface area contributed by atoms with Crippen LogP contribution in [0.25, 0.3) is 0 Å². The fourth-order valence-electron chi connectivity index (χ4n) is 0.279. The summed E-state index contributed by atoms with van der Waals surface area (Å²) in [5, 5.41) is 0. The molecule has 0 aliphatic heterocycles. The molecule has 0 unspecified atom stereocenters. The molecule has 0 aromatic carbocycles. The lowest BCUT2D eigenvalue weighted by atomic mass is 10.1. The summed E-state index contributed by atoms with van der Waals surface area (Å²) in [4.78, 5) is 0. The minimum atomic E-state index is -4.12. The van der Waals surface area contributed by atoms with Crippen molar-refractivity contribution < 1.29 is 13.2 Å². The highest BCUT2D eigenvalue weighted by atomic mass is 19.4. The maximum Gasteiger partial charge on any atom is 0.395 e.